The normalized spacial score (nSPS) is 18.6. The molecule has 0 radical (unpaired) electrons. The van der Waals surface area contributed by atoms with Crippen molar-refractivity contribution < 1.29 is 48.5 Å². The minimum atomic E-state index is -1.40. The van der Waals surface area contributed by atoms with E-state index in [2.05, 4.69) is 10.6 Å². The number of nitrogens with one attached hydrogen (secondary N) is 2. The van der Waals surface area contributed by atoms with Gasteiger partial charge in [0, 0.05) is 23.3 Å². The summed E-state index contributed by atoms with van der Waals surface area (Å²) in [7, 11) is 0. The number of benzene rings is 1. The van der Waals surface area contributed by atoms with Gasteiger partial charge in [0.05, 0.1) is 0 Å². The highest BCUT2D eigenvalue weighted by molar-refractivity contribution is 8.00. The van der Waals surface area contributed by atoms with Gasteiger partial charge in [-0.15, -0.1) is 11.8 Å². The van der Waals surface area contributed by atoms with E-state index < -0.39 is 71.9 Å². The van der Waals surface area contributed by atoms with Crippen molar-refractivity contribution in [1.82, 2.24) is 15.5 Å². The van der Waals surface area contributed by atoms with Crippen LogP contribution in [-0.4, -0.2) is 86.3 Å². The van der Waals surface area contributed by atoms with Crippen LogP contribution in [0, 0.1) is 0 Å². The molecule has 0 bridgehead atoms. The van der Waals surface area contributed by atoms with Crippen LogP contribution in [0.5, 0.6) is 0 Å². The molecule has 43 heavy (non-hydrogen) atoms. The van der Waals surface area contributed by atoms with Crippen molar-refractivity contribution in [3.05, 3.63) is 46.7 Å². The SMILES string of the molecule is CC(=O)CC(=O)OCC1=C(C(=O)O)N2C(=O)C(NC(=O)CCC[C@@H](NC(=O)c3ccc(C(C)(C)C)cc3)C(=O)O)[C@H]2SC1. The minimum absolute atomic E-state index is 0.0326. The number of amides is 3. The number of esters is 1. The molecule has 14 heteroatoms. The van der Waals surface area contributed by atoms with E-state index in [1.807, 2.05) is 32.9 Å². The van der Waals surface area contributed by atoms with E-state index in [0.29, 0.717) is 5.56 Å². The smallest absolute Gasteiger partial charge is 0.352 e. The highest BCUT2D eigenvalue weighted by Crippen LogP contribution is 2.40. The second-order valence-corrected chi connectivity index (χ2v) is 12.4. The zero-order valence-electron chi connectivity index (χ0n) is 24.3. The molecule has 0 aromatic heterocycles. The number of carboxylic acid groups (broad SMARTS) is 2. The molecular formula is C29H35N3O10S. The molecule has 0 aliphatic carbocycles. The Hall–Kier alpha value is -4.20. The summed E-state index contributed by atoms with van der Waals surface area (Å²) in [6.07, 6.45) is -0.507. The number of rotatable bonds is 13. The molecule has 1 aromatic carbocycles. The van der Waals surface area contributed by atoms with Gasteiger partial charge in [-0.05, 0) is 42.9 Å². The highest BCUT2D eigenvalue weighted by Gasteiger charge is 2.54. The number of aliphatic carboxylic acids is 2. The maximum absolute atomic E-state index is 12.8. The predicted molar refractivity (Wildman–Crippen MR) is 154 cm³/mol. The Bertz CT molecular complexity index is 1350. The van der Waals surface area contributed by atoms with Crippen LogP contribution >= 0.6 is 11.8 Å². The summed E-state index contributed by atoms with van der Waals surface area (Å²) in [5.74, 6) is -5.47. The van der Waals surface area contributed by atoms with Gasteiger partial charge in [-0.1, -0.05) is 32.9 Å². The van der Waals surface area contributed by atoms with Gasteiger partial charge in [0.15, 0.2) is 0 Å². The van der Waals surface area contributed by atoms with Crippen molar-refractivity contribution in [1.29, 1.82) is 0 Å². The predicted octanol–water partition coefficient (Wildman–Crippen LogP) is 1.60. The van der Waals surface area contributed by atoms with Gasteiger partial charge >= 0.3 is 17.9 Å². The van der Waals surface area contributed by atoms with Crippen LogP contribution in [0.2, 0.25) is 0 Å². The summed E-state index contributed by atoms with van der Waals surface area (Å²) in [4.78, 5) is 85.4. The lowest BCUT2D eigenvalue weighted by Crippen LogP contribution is -2.70. The number of carbonyl (C=O) groups is 7. The lowest BCUT2D eigenvalue weighted by Gasteiger charge is -2.49. The molecule has 3 amide bonds. The average molecular weight is 618 g/mol. The van der Waals surface area contributed by atoms with Crippen LogP contribution in [0.3, 0.4) is 0 Å². The second-order valence-electron chi connectivity index (χ2n) is 11.3. The van der Waals surface area contributed by atoms with Gasteiger partial charge in [-0.25, -0.2) is 9.59 Å². The standard InChI is InChI=1S/C29H35N3O10S/c1-15(33)12-21(35)42-13-17-14-43-26-22(25(37)32(26)23(17)28(40)41)31-20(34)7-5-6-19(27(38)39)30-24(36)16-8-10-18(11-9-16)29(2,3)4/h8-11,19,22,26H,5-7,12-14H2,1-4H3,(H,30,36)(H,31,34)(H,38,39)(H,40,41)/t19-,22?,26-/m1/s1. The highest BCUT2D eigenvalue weighted by atomic mass is 32.2. The fourth-order valence-corrected chi connectivity index (χ4v) is 5.88. The maximum atomic E-state index is 12.8. The van der Waals surface area contributed by atoms with E-state index in [1.54, 1.807) is 12.1 Å². The fraction of sp³-hybridized carbons (Fsp3) is 0.483. The Morgan fingerprint density at radius 2 is 1.74 bits per heavy atom. The minimum Gasteiger partial charge on any atom is -0.480 e. The first-order valence-electron chi connectivity index (χ1n) is 13.6. The van der Waals surface area contributed by atoms with Gasteiger partial charge in [0.25, 0.3) is 11.8 Å². The number of fused-ring (bicyclic) bond motifs is 1. The van der Waals surface area contributed by atoms with Crippen LogP contribution in [0.25, 0.3) is 0 Å². The first-order valence-corrected chi connectivity index (χ1v) is 14.6. The number of hydrogen-bond acceptors (Lipinski definition) is 9. The van der Waals surface area contributed by atoms with Crippen molar-refractivity contribution in [2.75, 3.05) is 12.4 Å². The number of ether oxygens (including phenoxy) is 1. The Morgan fingerprint density at radius 1 is 1.09 bits per heavy atom. The van der Waals surface area contributed by atoms with Crippen molar-refractivity contribution in [3.8, 4) is 0 Å². The number of carbonyl (C=O) groups excluding carboxylic acids is 5. The number of β-lactam (4-membered cyclic amide) rings is 1. The van der Waals surface area contributed by atoms with Crippen LogP contribution < -0.4 is 10.6 Å². The third-order valence-corrected chi connectivity index (χ3v) is 8.22. The summed E-state index contributed by atoms with van der Waals surface area (Å²) in [6.45, 7) is 6.92. The molecule has 0 spiro atoms. The van der Waals surface area contributed by atoms with E-state index >= 15 is 0 Å². The Kier molecular flexibility index (Phi) is 10.7. The number of thioether (sulfide) groups is 1. The lowest BCUT2D eigenvalue weighted by molar-refractivity contribution is -0.151. The third kappa shape index (κ3) is 8.43. The molecular weight excluding hydrogens is 582 g/mol. The Balaban J connectivity index is 1.52. The molecule has 1 unspecified atom stereocenters. The van der Waals surface area contributed by atoms with Gasteiger partial charge in [-0.3, -0.25) is 28.9 Å². The van der Waals surface area contributed by atoms with E-state index in [-0.39, 0.29) is 41.7 Å². The largest absolute Gasteiger partial charge is 0.480 e. The first-order chi connectivity index (χ1) is 20.1. The summed E-state index contributed by atoms with van der Waals surface area (Å²) in [6, 6.07) is 4.65. The van der Waals surface area contributed by atoms with Crippen molar-refractivity contribution in [2.45, 2.75) is 76.3 Å². The number of ketones is 1. The number of hydrogen-bond donors (Lipinski definition) is 4. The third-order valence-electron chi connectivity index (χ3n) is 6.88. The molecule has 3 atom stereocenters. The van der Waals surface area contributed by atoms with Gasteiger partial charge in [0.2, 0.25) is 5.91 Å². The molecule has 3 rings (SSSR count). The summed E-state index contributed by atoms with van der Waals surface area (Å²) in [5, 5.41) is 23.6. The molecule has 1 fully saturated rings. The van der Waals surface area contributed by atoms with Gasteiger partial charge in [0.1, 0.15) is 42.0 Å². The zero-order chi connectivity index (χ0) is 32.1. The van der Waals surface area contributed by atoms with Crippen LogP contribution in [-0.2, 0) is 38.9 Å². The maximum Gasteiger partial charge on any atom is 0.352 e. The Morgan fingerprint density at radius 3 is 2.30 bits per heavy atom. The molecule has 2 heterocycles. The van der Waals surface area contributed by atoms with Crippen molar-refractivity contribution in [3.63, 3.8) is 0 Å². The van der Waals surface area contributed by atoms with E-state index in [4.69, 9.17) is 4.74 Å². The number of nitrogens with zero attached hydrogens (tertiary/aromatic N) is 1. The van der Waals surface area contributed by atoms with E-state index in [9.17, 15) is 43.8 Å². The molecule has 232 valence electrons. The van der Waals surface area contributed by atoms with E-state index in [0.717, 1.165) is 10.5 Å². The van der Waals surface area contributed by atoms with Crippen molar-refractivity contribution >= 4 is 53.2 Å². The van der Waals surface area contributed by atoms with Crippen molar-refractivity contribution in [2.24, 2.45) is 0 Å². The summed E-state index contributed by atoms with van der Waals surface area (Å²) >= 11 is 1.19. The molecule has 0 saturated carbocycles. The Labute approximate surface area is 252 Å². The molecule has 4 N–H and O–H groups in total. The van der Waals surface area contributed by atoms with Crippen LogP contribution in [0.4, 0.5) is 0 Å². The van der Waals surface area contributed by atoms with Crippen LogP contribution in [0.15, 0.2) is 35.5 Å². The summed E-state index contributed by atoms with van der Waals surface area (Å²) in [5.41, 5.74) is 1.08. The monoisotopic (exact) mass is 617 g/mol. The topological polar surface area (TPSA) is 196 Å². The first kappa shape index (κ1) is 33.3. The van der Waals surface area contributed by atoms with Crippen LogP contribution in [0.1, 0.15) is 69.3 Å². The molecule has 13 nitrogen and oxygen atoms in total. The summed E-state index contributed by atoms with van der Waals surface area (Å²) < 4.78 is 4.98. The number of Topliss-reactive ketones (excluding diaryl/α,β-unsaturated/α-hetero) is 1. The lowest BCUT2D eigenvalue weighted by atomic mass is 9.86. The molecule has 2 aliphatic heterocycles. The fourth-order valence-electron chi connectivity index (χ4n) is 4.55. The molecule has 1 aromatic rings. The quantitative estimate of drug-likeness (QED) is 0.143. The zero-order valence-corrected chi connectivity index (χ0v) is 25.1. The number of carboxylic acids is 2. The molecule has 2 aliphatic rings. The van der Waals surface area contributed by atoms with Gasteiger partial charge in [-0.2, -0.15) is 0 Å². The van der Waals surface area contributed by atoms with E-state index in [1.165, 1.54) is 18.7 Å². The van der Waals surface area contributed by atoms with Gasteiger partial charge < -0.3 is 25.6 Å². The average Bonchev–Trinajstić information content (AvgIpc) is 2.92. The second kappa shape index (κ2) is 13.8. The molecule has 1 saturated heterocycles.